The number of carbonyl (C=O) groups is 1. The number of piperazine rings is 1. The molecule has 172 valence electrons. The molecule has 4 rings (SSSR count). The summed E-state index contributed by atoms with van der Waals surface area (Å²) in [5, 5.41) is 16.3. The predicted octanol–water partition coefficient (Wildman–Crippen LogP) is 3.08. The molecular formula is C23H24N4O5S. The summed E-state index contributed by atoms with van der Waals surface area (Å²) in [6.07, 6.45) is 0. The van der Waals surface area contributed by atoms with Crippen LogP contribution in [0.25, 0.3) is 10.8 Å². The largest absolute Gasteiger partial charge is 0.325 e. The van der Waals surface area contributed by atoms with E-state index in [1.807, 2.05) is 47.4 Å². The van der Waals surface area contributed by atoms with Gasteiger partial charge in [-0.05, 0) is 35.9 Å². The SMILES string of the molecule is CC(C(=O)Nc1ccc2ccccc2c1)N1CCN(S(=O)(=O)c2ccccc2[N+](=O)[O-])CC1. The molecule has 1 N–H and O–H groups in total. The number of nitrogens with one attached hydrogen (secondary N) is 1. The Labute approximate surface area is 191 Å². The van der Waals surface area contributed by atoms with Gasteiger partial charge in [0.25, 0.3) is 5.69 Å². The van der Waals surface area contributed by atoms with Crippen molar-refractivity contribution < 1.29 is 18.1 Å². The molecule has 9 nitrogen and oxygen atoms in total. The van der Waals surface area contributed by atoms with Crippen molar-refractivity contribution in [1.82, 2.24) is 9.21 Å². The van der Waals surface area contributed by atoms with Crippen LogP contribution in [0.2, 0.25) is 0 Å². The van der Waals surface area contributed by atoms with Crippen molar-refractivity contribution >= 4 is 38.1 Å². The van der Waals surface area contributed by atoms with E-state index in [0.717, 1.165) is 10.8 Å². The fourth-order valence-corrected chi connectivity index (χ4v) is 5.56. The number of hydrogen-bond donors (Lipinski definition) is 1. The van der Waals surface area contributed by atoms with E-state index < -0.39 is 26.7 Å². The van der Waals surface area contributed by atoms with Crippen molar-refractivity contribution in [2.24, 2.45) is 0 Å². The molecule has 1 aliphatic rings. The van der Waals surface area contributed by atoms with Crippen molar-refractivity contribution in [3.63, 3.8) is 0 Å². The minimum atomic E-state index is -4.01. The Morgan fingerprint density at radius 1 is 0.970 bits per heavy atom. The van der Waals surface area contributed by atoms with Crippen LogP contribution in [-0.4, -0.2) is 60.7 Å². The maximum absolute atomic E-state index is 13.0. The first-order valence-electron chi connectivity index (χ1n) is 10.5. The van der Waals surface area contributed by atoms with Crippen LogP contribution in [0.15, 0.2) is 71.6 Å². The number of nitro benzene ring substituents is 1. The second kappa shape index (κ2) is 9.26. The van der Waals surface area contributed by atoms with Crippen LogP contribution in [0.3, 0.4) is 0 Å². The van der Waals surface area contributed by atoms with Crippen LogP contribution in [0, 0.1) is 10.1 Å². The number of benzene rings is 3. The Balaban J connectivity index is 1.40. The summed E-state index contributed by atoms with van der Waals surface area (Å²) in [6, 6.07) is 18.5. The van der Waals surface area contributed by atoms with Gasteiger partial charge in [0, 0.05) is 37.9 Å². The molecule has 10 heteroatoms. The Kier molecular flexibility index (Phi) is 6.41. The lowest BCUT2D eigenvalue weighted by molar-refractivity contribution is -0.387. The Hall–Kier alpha value is -3.34. The molecule has 0 spiro atoms. The molecule has 3 aromatic rings. The number of amides is 1. The number of sulfonamides is 1. The summed E-state index contributed by atoms with van der Waals surface area (Å²) >= 11 is 0. The first-order chi connectivity index (χ1) is 15.8. The zero-order valence-corrected chi connectivity index (χ0v) is 18.9. The van der Waals surface area contributed by atoms with E-state index in [1.165, 1.54) is 28.6 Å². The lowest BCUT2D eigenvalue weighted by Gasteiger charge is -2.36. The minimum absolute atomic E-state index is 0.141. The zero-order chi connectivity index (χ0) is 23.6. The van der Waals surface area contributed by atoms with Gasteiger partial charge in [0.1, 0.15) is 0 Å². The fraction of sp³-hybridized carbons (Fsp3) is 0.261. The van der Waals surface area contributed by atoms with Gasteiger partial charge < -0.3 is 5.32 Å². The van der Waals surface area contributed by atoms with Gasteiger partial charge in [0.05, 0.1) is 11.0 Å². The molecule has 0 bridgehead atoms. The van der Waals surface area contributed by atoms with Gasteiger partial charge >= 0.3 is 0 Å². The summed E-state index contributed by atoms with van der Waals surface area (Å²) in [5.74, 6) is -0.180. The third-order valence-electron chi connectivity index (χ3n) is 5.90. The third kappa shape index (κ3) is 4.72. The molecule has 1 fully saturated rings. The average molecular weight is 469 g/mol. The Morgan fingerprint density at radius 2 is 1.61 bits per heavy atom. The molecule has 1 atom stereocenters. The molecule has 3 aromatic carbocycles. The Morgan fingerprint density at radius 3 is 2.30 bits per heavy atom. The first kappa shape index (κ1) is 22.8. The topological polar surface area (TPSA) is 113 Å². The van der Waals surface area contributed by atoms with E-state index in [0.29, 0.717) is 18.8 Å². The average Bonchev–Trinajstić information content (AvgIpc) is 2.83. The molecule has 1 saturated heterocycles. The zero-order valence-electron chi connectivity index (χ0n) is 18.0. The van der Waals surface area contributed by atoms with Crippen molar-refractivity contribution in [3.8, 4) is 0 Å². The molecule has 1 aliphatic heterocycles. The van der Waals surface area contributed by atoms with Gasteiger partial charge in [-0.2, -0.15) is 4.31 Å². The number of para-hydroxylation sites is 1. The molecule has 0 aromatic heterocycles. The lowest BCUT2D eigenvalue weighted by Crippen LogP contribution is -2.53. The van der Waals surface area contributed by atoms with Gasteiger partial charge in [0.15, 0.2) is 4.90 Å². The van der Waals surface area contributed by atoms with E-state index in [-0.39, 0.29) is 23.9 Å². The minimum Gasteiger partial charge on any atom is -0.325 e. The van der Waals surface area contributed by atoms with Gasteiger partial charge in [-0.3, -0.25) is 19.8 Å². The van der Waals surface area contributed by atoms with E-state index in [4.69, 9.17) is 0 Å². The highest BCUT2D eigenvalue weighted by molar-refractivity contribution is 7.89. The summed E-state index contributed by atoms with van der Waals surface area (Å²) < 4.78 is 27.2. The molecule has 1 unspecified atom stereocenters. The van der Waals surface area contributed by atoms with Gasteiger partial charge in [0.2, 0.25) is 15.9 Å². The van der Waals surface area contributed by atoms with E-state index in [2.05, 4.69) is 5.32 Å². The highest BCUT2D eigenvalue weighted by Crippen LogP contribution is 2.27. The molecular weight excluding hydrogens is 444 g/mol. The standard InChI is InChI=1S/C23H24N4O5S/c1-17(23(28)24-20-11-10-18-6-2-3-7-19(18)16-20)25-12-14-26(15-13-25)33(31,32)22-9-5-4-8-21(22)27(29)30/h2-11,16-17H,12-15H2,1H3,(H,24,28). The maximum Gasteiger partial charge on any atom is 0.289 e. The van der Waals surface area contributed by atoms with Crippen LogP contribution in [0.1, 0.15) is 6.92 Å². The monoisotopic (exact) mass is 468 g/mol. The molecule has 1 heterocycles. The Bertz CT molecular complexity index is 1300. The van der Waals surface area contributed by atoms with Gasteiger partial charge in [-0.1, -0.05) is 42.5 Å². The van der Waals surface area contributed by atoms with E-state index >= 15 is 0 Å². The van der Waals surface area contributed by atoms with Gasteiger partial charge in [-0.25, -0.2) is 8.42 Å². The quantitative estimate of drug-likeness (QED) is 0.439. The predicted molar refractivity (Wildman–Crippen MR) is 125 cm³/mol. The van der Waals surface area contributed by atoms with Gasteiger partial charge in [-0.15, -0.1) is 0 Å². The van der Waals surface area contributed by atoms with E-state index in [9.17, 15) is 23.3 Å². The maximum atomic E-state index is 13.0. The number of fused-ring (bicyclic) bond motifs is 1. The lowest BCUT2D eigenvalue weighted by atomic mass is 10.1. The second-order valence-corrected chi connectivity index (χ2v) is 9.80. The van der Waals surface area contributed by atoms with Crippen molar-refractivity contribution in [2.75, 3.05) is 31.5 Å². The summed E-state index contributed by atoms with van der Waals surface area (Å²) in [4.78, 5) is 25.0. The number of carbonyl (C=O) groups excluding carboxylic acids is 1. The molecule has 0 aliphatic carbocycles. The van der Waals surface area contributed by atoms with Crippen molar-refractivity contribution in [3.05, 3.63) is 76.8 Å². The van der Waals surface area contributed by atoms with Crippen molar-refractivity contribution in [2.45, 2.75) is 17.9 Å². The number of nitro groups is 1. The molecule has 0 radical (unpaired) electrons. The summed E-state index contributed by atoms with van der Waals surface area (Å²) in [5.41, 5.74) is 0.256. The fourth-order valence-electron chi connectivity index (χ4n) is 3.98. The molecule has 33 heavy (non-hydrogen) atoms. The normalized spacial score (nSPS) is 16.4. The molecule has 1 amide bonds. The number of rotatable bonds is 6. The summed E-state index contributed by atoms with van der Waals surface area (Å²) in [7, 11) is -4.01. The third-order valence-corrected chi connectivity index (χ3v) is 7.84. The van der Waals surface area contributed by atoms with Crippen LogP contribution in [-0.2, 0) is 14.8 Å². The second-order valence-electron chi connectivity index (χ2n) is 7.89. The van der Waals surface area contributed by atoms with Crippen molar-refractivity contribution in [1.29, 1.82) is 0 Å². The van der Waals surface area contributed by atoms with Crippen LogP contribution >= 0.6 is 0 Å². The number of nitrogens with zero attached hydrogens (tertiary/aromatic N) is 3. The highest BCUT2D eigenvalue weighted by Gasteiger charge is 2.35. The number of hydrogen-bond acceptors (Lipinski definition) is 6. The number of anilines is 1. The van der Waals surface area contributed by atoms with Crippen LogP contribution in [0.5, 0.6) is 0 Å². The highest BCUT2D eigenvalue weighted by atomic mass is 32.2. The summed E-state index contributed by atoms with van der Waals surface area (Å²) in [6.45, 7) is 2.74. The first-order valence-corrected chi connectivity index (χ1v) is 12.0. The van der Waals surface area contributed by atoms with Crippen LogP contribution < -0.4 is 5.32 Å². The molecule has 0 saturated carbocycles. The van der Waals surface area contributed by atoms with E-state index in [1.54, 1.807) is 6.92 Å². The smallest absolute Gasteiger partial charge is 0.289 e. The van der Waals surface area contributed by atoms with Crippen LogP contribution in [0.4, 0.5) is 11.4 Å².